The lowest BCUT2D eigenvalue weighted by atomic mass is 9.79. The van der Waals surface area contributed by atoms with Crippen LogP contribution in [0, 0.1) is 5.92 Å². The van der Waals surface area contributed by atoms with Crippen LogP contribution in [0.5, 0.6) is 0 Å². The Labute approximate surface area is 97.0 Å². The molecule has 3 N–H and O–H groups in total. The van der Waals surface area contributed by atoms with Gasteiger partial charge >= 0.3 is 5.97 Å². The lowest BCUT2D eigenvalue weighted by Crippen LogP contribution is -2.48. The Bertz CT molecular complexity index is 234. The molecule has 1 unspecified atom stereocenters. The van der Waals surface area contributed by atoms with Gasteiger partial charge in [-0.3, -0.25) is 4.79 Å². The molecule has 0 heterocycles. The highest BCUT2D eigenvalue weighted by Gasteiger charge is 2.32. The summed E-state index contributed by atoms with van der Waals surface area (Å²) in [6, 6.07) is -0.539. The van der Waals surface area contributed by atoms with Crippen LogP contribution in [-0.4, -0.2) is 34.4 Å². The van der Waals surface area contributed by atoms with Crippen molar-refractivity contribution < 1.29 is 15.0 Å². The highest BCUT2D eigenvalue weighted by Crippen LogP contribution is 2.31. The van der Waals surface area contributed by atoms with Gasteiger partial charge in [0, 0.05) is 6.54 Å². The van der Waals surface area contributed by atoms with Crippen molar-refractivity contribution in [3.05, 3.63) is 0 Å². The highest BCUT2D eigenvalue weighted by molar-refractivity contribution is 5.73. The summed E-state index contributed by atoms with van der Waals surface area (Å²) in [5, 5.41) is 22.1. The van der Waals surface area contributed by atoms with E-state index >= 15 is 0 Å². The summed E-state index contributed by atoms with van der Waals surface area (Å²) in [4.78, 5) is 10.8. The quantitative estimate of drug-likeness (QED) is 0.666. The van der Waals surface area contributed by atoms with E-state index < -0.39 is 17.6 Å². The van der Waals surface area contributed by atoms with Crippen molar-refractivity contribution in [2.45, 2.75) is 57.6 Å². The Morgan fingerprint density at radius 3 is 2.50 bits per heavy atom. The Balaban J connectivity index is 2.38. The Hall–Kier alpha value is -0.610. The van der Waals surface area contributed by atoms with Crippen molar-refractivity contribution in [1.29, 1.82) is 0 Å². The van der Waals surface area contributed by atoms with Gasteiger partial charge in [0.05, 0.1) is 5.60 Å². The molecule has 0 aromatic rings. The number of rotatable bonds is 5. The van der Waals surface area contributed by atoms with Gasteiger partial charge in [-0.1, -0.05) is 13.8 Å². The first-order valence-corrected chi connectivity index (χ1v) is 6.15. The fourth-order valence-electron chi connectivity index (χ4n) is 2.20. The van der Waals surface area contributed by atoms with Gasteiger partial charge < -0.3 is 15.5 Å². The molecule has 0 spiro atoms. The third kappa shape index (κ3) is 3.76. The molecule has 0 aliphatic heterocycles. The molecule has 0 saturated heterocycles. The summed E-state index contributed by atoms with van der Waals surface area (Å²) >= 11 is 0. The van der Waals surface area contributed by atoms with Gasteiger partial charge in [-0.05, 0) is 38.0 Å². The Morgan fingerprint density at radius 2 is 2.06 bits per heavy atom. The van der Waals surface area contributed by atoms with Crippen molar-refractivity contribution in [3.63, 3.8) is 0 Å². The van der Waals surface area contributed by atoms with Crippen LogP contribution in [0.15, 0.2) is 0 Å². The number of hydrogen-bond donors (Lipinski definition) is 3. The van der Waals surface area contributed by atoms with E-state index in [2.05, 4.69) is 12.2 Å². The van der Waals surface area contributed by atoms with Crippen molar-refractivity contribution in [2.24, 2.45) is 5.92 Å². The minimum absolute atomic E-state index is 0.393. The number of carboxylic acids is 1. The van der Waals surface area contributed by atoms with E-state index in [1.165, 1.54) is 0 Å². The number of nitrogens with one attached hydrogen (secondary N) is 1. The molecule has 4 heteroatoms. The third-order valence-electron chi connectivity index (χ3n) is 3.59. The largest absolute Gasteiger partial charge is 0.480 e. The average Bonchev–Trinajstić information content (AvgIpc) is 2.23. The molecular weight excluding hydrogens is 206 g/mol. The summed E-state index contributed by atoms with van der Waals surface area (Å²) in [5.74, 6) is -0.156. The van der Waals surface area contributed by atoms with Crippen LogP contribution in [0.3, 0.4) is 0 Å². The maximum atomic E-state index is 10.8. The van der Waals surface area contributed by atoms with Gasteiger partial charge in [-0.2, -0.15) is 0 Å². The number of aliphatic hydroxyl groups is 1. The Kier molecular flexibility index (Phi) is 4.74. The van der Waals surface area contributed by atoms with Crippen LogP contribution in [-0.2, 0) is 4.79 Å². The van der Waals surface area contributed by atoms with E-state index in [0.29, 0.717) is 18.9 Å². The molecule has 4 nitrogen and oxygen atoms in total. The van der Waals surface area contributed by atoms with E-state index in [4.69, 9.17) is 5.11 Å². The van der Waals surface area contributed by atoms with Crippen LogP contribution in [0.1, 0.15) is 46.0 Å². The molecule has 0 amide bonds. The number of hydrogen-bond acceptors (Lipinski definition) is 3. The molecule has 1 aliphatic rings. The Morgan fingerprint density at radius 1 is 1.50 bits per heavy atom. The maximum Gasteiger partial charge on any atom is 0.320 e. The SMILES string of the molecule is CCC(NCC1(O)CCC(C)CC1)C(=O)O. The highest BCUT2D eigenvalue weighted by atomic mass is 16.4. The fraction of sp³-hybridized carbons (Fsp3) is 0.917. The molecular formula is C12H23NO3. The predicted molar refractivity (Wildman–Crippen MR) is 62.3 cm³/mol. The monoisotopic (exact) mass is 229 g/mol. The lowest BCUT2D eigenvalue weighted by molar-refractivity contribution is -0.139. The molecule has 1 aliphatic carbocycles. The van der Waals surface area contributed by atoms with Crippen LogP contribution in [0.25, 0.3) is 0 Å². The average molecular weight is 229 g/mol. The van der Waals surface area contributed by atoms with Crippen molar-refractivity contribution in [2.75, 3.05) is 6.54 Å². The van der Waals surface area contributed by atoms with Crippen LogP contribution in [0.2, 0.25) is 0 Å². The summed E-state index contributed by atoms with van der Waals surface area (Å²) in [6.07, 6.45) is 4.15. The predicted octanol–water partition coefficient (Wildman–Crippen LogP) is 1.38. The van der Waals surface area contributed by atoms with E-state index in [9.17, 15) is 9.90 Å². The number of aliphatic carboxylic acids is 1. The van der Waals surface area contributed by atoms with Gasteiger partial charge in [0.1, 0.15) is 6.04 Å². The van der Waals surface area contributed by atoms with E-state index in [0.717, 1.165) is 25.7 Å². The van der Waals surface area contributed by atoms with Crippen molar-refractivity contribution in [1.82, 2.24) is 5.32 Å². The second-order valence-corrected chi connectivity index (χ2v) is 5.09. The summed E-state index contributed by atoms with van der Waals surface area (Å²) < 4.78 is 0. The normalized spacial score (nSPS) is 32.3. The zero-order valence-corrected chi connectivity index (χ0v) is 10.2. The van der Waals surface area contributed by atoms with E-state index in [1.807, 2.05) is 6.92 Å². The summed E-state index contributed by atoms with van der Waals surface area (Å²) in [5.41, 5.74) is -0.699. The second kappa shape index (κ2) is 5.64. The maximum absolute atomic E-state index is 10.8. The summed E-state index contributed by atoms with van der Waals surface area (Å²) in [7, 11) is 0. The molecule has 1 fully saturated rings. The summed E-state index contributed by atoms with van der Waals surface area (Å²) in [6.45, 7) is 4.42. The molecule has 1 rings (SSSR count). The van der Waals surface area contributed by atoms with Crippen molar-refractivity contribution in [3.8, 4) is 0 Å². The molecule has 0 radical (unpaired) electrons. The van der Waals surface area contributed by atoms with E-state index in [-0.39, 0.29) is 0 Å². The van der Waals surface area contributed by atoms with E-state index in [1.54, 1.807) is 0 Å². The van der Waals surface area contributed by atoms with Gasteiger partial charge in [0.2, 0.25) is 0 Å². The van der Waals surface area contributed by atoms with Gasteiger partial charge in [-0.15, -0.1) is 0 Å². The minimum atomic E-state index is -0.838. The molecule has 0 aromatic carbocycles. The van der Waals surface area contributed by atoms with Crippen LogP contribution in [0.4, 0.5) is 0 Å². The first-order valence-electron chi connectivity index (χ1n) is 6.15. The second-order valence-electron chi connectivity index (χ2n) is 5.09. The van der Waals surface area contributed by atoms with Crippen molar-refractivity contribution >= 4 is 5.97 Å². The zero-order chi connectivity index (χ0) is 12.2. The number of carboxylic acid groups (broad SMARTS) is 1. The minimum Gasteiger partial charge on any atom is -0.480 e. The topological polar surface area (TPSA) is 69.6 Å². The van der Waals surface area contributed by atoms with Crippen LogP contribution >= 0.6 is 0 Å². The standard InChI is InChI=1S/C12H23NO3/c1-3-10(11(14)15)13-8-12(16)6-4-9(2)5-7-12/h9-10,13,16H,3-8H2,1-2H3,(H,14,15). The van der Waals surface area contributed by atoms with Gasteiger partial charge in [-0.25, -0.2) is 0 Å². The molecule has 94 valence electrons. The van der Waals surface area contributed by atoms with Gasteiger partial charge in [0.25, 0.3) is 0 Å². The molecule has 1 atom stereocenters. The molecule has 1 saturated carbocycles. The fourth-order valence-corrected chi connectivity index (χ4v) is 2.20. The number of carbonyl (C=O) groups is 1. The lowest BCUT2D eigenvalue weighted by Gasteiger charge is -2.35. The molecule has 16 heavy (non-hydrogen) atoms. The zero-order valence-electron chi connectivity index (χ0n) is 10.2. The molecule has 0 bridgehead atoms. The smallest absolute Gasteiger partial charge is 0.320 e. The third-order valence-corrected chi connectivity index (χ3v) is 3.59. The first-order chi connectivity index (χ1) is 7.47. The first kappa shape index (κ1) is 13.5. The van der Waals surface area contributed by atoms with Gasteiger partial charge in [0.15, 0.2) is 0 Å². The molecule has 0 aromatic heterocycles. The van der Waals surface area contributed by atoms with Crippen LogP contribution < -0.4 is 5.32 Å².